The van der Waals surface area contributed by atoms with Gasteiger partial charge in [0.2, 0.25) is 0 Å². The third-order valence-electron chi connectivity index (χ3n) is 3.89. The third kappa shape index (κ3) is 2.71. The molecule has 5 nitrogen and oxygen atoms in total. The van der Waals surface area contributed by atoms with Gasteiger partial charge in [0.05, 0.1) is 0 Å². The highest BCUT2D eigenvalue weighted by Crippen LogP contribution is 2.21. The molecule has 1 N–H and O–H groups in total. The van der Waals surface area contributed by atoms with Crippen LogP contribution in [-0.4, -0.2) is 39.2 Å². The quantitative estimate of drug-likeness (QED) is 0.931. The Morgan fingerprint density at radius 3 is 3.10 bits per heavy atom. The average molecular weight is 271 g/mol. The topological polar surface area (TPSA) is 66.3 Å². The van der Waals surface area contributed by atoms with Crippen LogP contribution in [0.2, 0.25) is 0 Å². The molecular formula is C15H17N3O2. The minimum atomic E-state index is -0.805. The molecule has 1 atom stereocenters. The predicted octanol–water partition coefficient (Wildman–Crippen LogP) is 2.56. The second kappa shape index (κ2) is 5.45. The molecule has 0 aliphatic carbocycles. The molecule has 0 saturated carbocycles. The molecule has 0 aromatic carbocycles. The van der Waals surface area contributed by atoms with Crippen LogP contribution in [0.25, 0.3) is 11.0 Å². The van der Waals surface area contributed by atoms with E-state index in [1.807, 2.05) is 24.3 Å². The molecule has 1 amide bonds. The molecule has 1 fully saturated rings. The molecule has 1 saturated heterocycles. The molecule has 0 bridgehead atoms. The Hall–Kier alpha value is -2.17. The molecular weight excluding hydrogens is 254 g/mol. The van der Waals surface area contributed by atoms with E-state index in [2.05, 4.69) is 9.97 Å². The van der Waals surface area contributed by atoms with Crippen molar-refractivity contribution in [2.75, 3.05) is 13.1 Å². The van der Waals surface area contributed by atoms with E-state index in [1.54, 1.807) is 6.20 Å². The van der Waals surface area contributed by atoms with Crippen molar-refractivity contribution in [3.05, 3.63) is 36.2 Å². The highest BCUT2D eigenvalue weighted by Gasteiger charge is 2.25. The highest BCUT2D eigenvalue weighted by molar-refractivity contribution is 5.74. The van der Waals surface area contributed by atoms with Crippen molar-refractivity contribution in [3.8, 4) is 0 Å². The summed E-state index contributed by atoms with van der Waals surface area (Å²) in [5, 5.41) is 9.99. The number of carbonyl (C=O) groups is 1. The Kier molecular flexibility index (Phi) is 3.50. The van der Waals surface area contributed by atoms with Gasteiger partial charge < -0.3 is 10.0 Å². The van der Waals surface area contributed by atoms with Gasteiger partial charge in [-0.2, -0.15) is 0 Å². The minimum Gasteiger partial charge on any atom is -0.465 e. The van der Waals surface area contributed by atoms with Crippen molar-refractivity contribution in [3.63, 3.8) is 0 Å². The molecule has 104 valence electrons. The van der Waals surface area contributed by atoms with E-state index in [1.165, 1.54) is 4.90 Å². The van der Waals surface area contributed by atoms with Crippen molar-refractivity contribution < 1.29 is 9.90 Å². The fraction of sp³-hybridized carbons (Fsp3) is 0.400. The van der Waals surface area contributed by atoms with Gasteiger partial charge in [-0.1, -0.05) is 0 Å². The molecule has 5 heteroatoms. The highest BCUT2D eigenvalue weighted by atomic mass is 16.4. The van der Waals surface area contributed by atoms with E-state index >= 15 is 0 Å². The smallest absolute Gasteiger partial charge is 0.407 e. The van der Waals surface area contributed by atoms with Crippen LogP contribution >= 0.6 is 0 Å². The summed E-state index contributed by atoms with van der Waals surface area (Å²) >= 11 is 0. The number of aromatic nitrogens is 2. The lowest BCUT2D eigenvalue weighted by atomic mass is 10.0. The standard InChI is InChI=1S/C15H17N3O2/c19-15(20)18-9-7-11(10-18)3-5-13-6-4-12-2-1-8-16-14(12)17-13/h1-2,4,6,8,11H,3,5,7,9-10H2,(H,19,20). The molecule has 2 aromatic rings. The normalized spacial score (nSPS) is 18.6. The van der Waals surface area contributed by atoms with Crippen LogP contribution in [0, 0.1) is 5.92 Å². The first kappa shape index (κ1) is 12.8. The van der Waals surface area contributed by atoms with Crippen molar-refractivity contribution in [2.24, 2.45) is 5.92 Å². The Labute approximate surface area is 117 Å². The van der Waals surface area contributed by atoms with Crippen LogP contribution in [0.15, 0.2) is 30.5 Å². The van der Waals surface area contributed by atoms with E-state index in [9.17, 15) is 4.79 Å². The summed E-state index contributed by atoms with van der Waals surface area (Å²) in [5.74, 6) is 0.451. The molecule has 0 radical (unpaired) electrons. The van der Waals surface area contributed by atoms with E-state index in [4.69, 9.17) is 5.11 Å². The van der Waals surface area contributed by atoms with Gasteiger partial charge in [-0.05, 0) is 49.4 Å². The lowest BCUT2D eigenvalue weighted by Gasteiger charge is -2.12. The van der Waals surface area contributed by atoms with Crippen molar-refractivity contribution >= 4 is 17.1 Å². The monoisotopic (exact) mass is 271 g/mol. The molecule has 2 aromatic heterocycles. The zero-order chi connectivity index (χ0) is 13.9. The number of amides is 1. The predicted molar refractivity (Wildman–Crippen MR) is 75.6 cm³/mol. The van der Waals surface area contributed by atoms with Crippen LogP contribution in [0.1, 0.15) is 18.5 Å². The second-order valence-corrected chi connectivity index (χ2v) is 5.27. The number of rotatable bonds is 3. The number of carboxylic acid groups (broad SMARTS) is 1. The van der Waals surface area contributed by atoms with Crippen molar-refractivity contribution in [1.82, 2.24) is 14.9 Å². The number of fused-ring (bicyclic) bond motifs is 1. The van der Waals surface area contributed by atoms with Gasteiger partial charge in [-0.15, -0.1) is 0 Å². The summed E-state index contributed by atoms with van der Waals surface area (Å²) < 4.78 is 0. The van der Waals surface area contributed by atoms with Gasteiger partial charge in [0.1, 0.15) is 0 Å². The largest absolute Gasteiger partial charge is 0.465 e. The maximum absolute atomic E-state index is 10.9. The lowest BCUT2D eigenvalue weighted by molar-refractivity contribution is 0.154. The molecule has 1 aliphatic heterocycles. The van der Waals surface area contributed by atoms with Crippen LogP contribution in [0.4, 0.5) is 4.79 Å². The number of nitrogens with zero attached hydrogens (tertiary/aromatic N) is 3. The third-order valence-corrected chi connectivity index (χ3v) is 3.89. The average Bonchev–Trinajstić information content (AvgIpc) is 2.94. The fourth-order valence-corrected chi connectivity index (χ4v) is 2.73. The van der Waals surface area contributed by atoms with Crippen LogP contribution < -0.4 is 0 Å². The summed E-state index contributed by atoms with van der Waals surface area (Å²) in [6.45, 7) is 1.31. The SMILES string of the molecule is O=C(O)N1CCC(CCc2ccc3cccnc3n2)C1. The van der Waals surface area contributed by atoms with Gasteiger partial charge in [-0.3, -0.25) is 0 Å². The summed E-state index contributed by atoms with van der Waals surface area (Å²) in [6, 6.07) is 7.99. The first-order chi connectivity index (χ1) is 9.72. The number of likely N-dealkylation sites (tertiary alicyclic amines) is 1. The Bertz CT molecular complexity index is 629. The lowest BCUT2D eigenvalue weighted by Crippen LogP contribution is -2.26. The molecule has 20 heavy (non-hydrogen) atoms. The minimum absolute atomic E-state index is 0.451. The summed E-state index contributed by atoms with van der Waals surface area (Å²) in [4.78, 5) is 21.2. The van der Waals surface area contributed by atoms with E-state index in [0.29, 0.717) is 19.0 Å². The molecule has 0 spiro atoms. The van der Waals surface area contributed by atoms with Crippen LogP contribution in [-0.2, 0) is 6.42 Å². The zero-order valence-corrected chi connectivity index (χ0v) is 11.2. The number of hydrogen-bond donors (Lipinski definition) is 1. The van der Waals surface area contributed by atoms with E-state index in [-0.39, 0.29) is 0 Å². The van der Waals surface area contributed by atoms with E-state index in [0.717, 1.165) is 36.0 Å². The maximum atomic E-state index is 10.9. The Balaban J connectivity index is 1.61. The number of hydrogen-bond acceptors (Lipinski definition) is 3. The van der Waals surface area contributed by atoms with Gasteiger partial charge in [0, 0.05) is 30.4 Å². The maximum Gasteiger partial charge on any atom is 0.407 e. The van der Waals surface area contributed by atoms with Crippen LogP contribution in [0.3, 0.4) is 0 Å². The van der Waals surface area contributed by atoms with E-state index < -0.39 is 6.09 Å². The summed E-state index contributed by atoms with van der Waals surface area (Å²) in [5.41, 5.74) is 1.81. The number of pyridine rings is 2. The zero-order valence-electron chi connectivity index (χ0n) is 11.2. The van der Waals surface area contributed by atoms with Crippen molar-refractivity contribution in [1.29, 1.82) is 0 Å². The summed E-state index contributed by atoms with van der Waals surface area (Å²) in [6.07, 6.45) is 3.76. The number of aryl methyl sites for hydroxylation is 1. The molecule has 1 unspecified atom stereocenters. The van der Waals surface area contributed by atoms with Gasteiger partial charge in [0.15, 0.2) is 5.65 Å². The van der Waals surface area contributed by atoms with Gasteiger partial charge in [0.25, 0.3) is 0 Å². The molecule has 3 heterocycles. The molecule has 3 rings (SSSR count). The molecule has 1 aliphatic rings. The van der Waals surface area contributed by atoms with Gasteiger partial charge in [-0.25, -0.2) is 14.8 Å². The van der Waals surface area contributed by atoms with Crippen molar-refractivity contribution in [2.45, 2.75) is 19.3 Å². The summed E-state index contributed by atoms with van der Waals surface area (Å²) in [7, 11) is 0. The van der Waals surface area contributed by atoms with Crippen LogP contribution in [0.5, 0.6) is 0 Å². The Morgan fingerprint density at radius 1 is 1.40 bits per heavy atom. The first-order valence-corrected chi connectivity index (χ1v) is 6.91. The van der Waals surface area contributed by atoms with Gasteiger partial charge >= 0.3 is 6.09 Å². The first-order valence-electron chi connectivity index (χ1n) is 6.91. The second-order valence-electron chi connectivity index (χ2n) is 5.27. The Morgan fingerprint density at radius 2 is 2.30 bits per heavy atom. The fourth-order valence-electron chi connectivity index (χ4n) is 2.73.